The van der Waals surface area contributed by atoms with Crippen LogP contribution in [0.5, 0.6) is 17.2 Å². The van der Waals surface area contributed by atoms with Crippen molar-refractivity contribution in [1.82, 2.24) is 5.43 Å². The van der Waals surface area contributed by atoms with Gasteiger partial charge in [-0.2, -0.15) is 5.10 Å². The first-order chi connectivity index (χ1) is 12.5. The first-order valence-corrected chi connectivity index (χ1v) is 8.89. The van der Waals surface area contributed by atoms with Gasteiger partial charge in [-0.3, -0.25) is 4.79 Å². The van der Waals surface area contributed by atoms with Crippen molar-refractivity contribution in [2.75, 3.05) is 13.7 Å². The van der Waals surface area contributed by atoms with Gasteiger partial charge in [-0.15, -0.1) is 0 Å². The van der Waals surface area contributed by atoms with Crippen molar-refractivity contribution in [2.24, 2.45) is 5.10 Å². The highest BCUT2D eigenvalue weighted by molar-refractivity contribution is 9.10. The molecule has 0 unspecified atom stereocenters. The first kappa shape index (κ1) is 19.8. The third kappa shape index (κ3) is 5.49. The summed E-state index contributed by atoms with van der Waals surface area (Å²) in [6.45, 7) is 4.07. The van der Waals surface area contributed by atoms with Crippen molar-refractivity contribution >= 4 is 28.1 Å². The summed E-state index contributed by atoms with van der Waals surface area (Å²) in [6.07, 6.45) is 0.804. The molecule has 138 valence electrons. The number of ether oxygens (including phenoxy) is 3. The highest BCUT2D eigenvalue weighted by atomic mass is 79.9. The normalized spacial score (nSPS) is 11.8. The maximum absolute atomic E-state index is 12.2. The maximum atomic E-state index is 12.2. The highest BCUT2D eigenvalue weighted by Gasteiger charge is 2.15. The summed E-state index contributed by atoms with van der Waals surface area (Å²) in [7, 11) is 1.58. The Kier molecular flexibility index (Phi) is 7.47. The van der Waals surface area contributed by atoms with Crippen molar-refractivity contribution in [3.63, 3.8) is 0 Å². The predicted molar refractivity (Wildman–Crippen MR) is 104 cm³/mol. The lowest BCUT2D eigenvalue weighted by molar-refractivity contribution is -0.127. The molecule has 0 aromatic heterocycles. The number of para-hydroxylation sites is 1. The zero-order valence-electron chi connectivity index (χ0n) is 14.9. The number of nitrogens with one attached hydrogen (secondary N) is 1. The molecule has 0 aliphatic carbocycles. The molecule has 0 aliphatic heterocycles. The third-order valence-electron chi connectivity index (χ3n) is 3.40. The van der Waals surface area contributed by atoms with Crippen LogP contribution in [0.2, 0.25) is 0 Å². The van der Waals surface area contributed by atoms with E-state index in [0.717, 1.165) is 4.47 Å². The van der Waals surface area contributed by atoms with Crippen LogP contribution in [0.25, 0.3) is 0 Å². The van der Waals surface area contributed by atoms with Gasteiger partial charge in [0.05, 0.1) is 24.4 Å². The average Bonchev–Trinajstić information content (AvgIpc) is 2.64. The van der Waals surface area contributed by atoms with E-state index in [0.29, 0.717) is 29.4 Å². The van der Waals surface area contributed by atoms with Gasteiger partial charge in [-0.05, 0) is 60.1 Å². The summed E-state index contributed by atoms with van der Waals surface area (Å²) in [5.74, 6) is 1.55. The van der Waals surface area contributed by atoms with Gasteiger partial charge in [0.2, 0.25) is 0 Å². The zero-order valence-corrected chi connectivity index (χ0v) is 16.4. The molecular weight excluding hydrogens is 400 g/mol. The van der Waals surface area contributed by atoms with E-state index in [4.69, 9.17) is 14.2 Å². The van der Waals surface area contributed by atoms with Crippen LogP contribution in [0, 0.1) is 0 Å². The van der Waals surface area contributed by atoms with E-state index in [-0.39, 0.29) is 5.91 Å². The molecule has 0 radical (unpaired) electrons. The minimum absolute atomic E-state index is 0.363. The molecule has 26 heavy (non-hydrogen) atoms. The fourth-order valence-electron chi connectivity index (χ4n) is 2.08. The van der Waals surface area contributed by atoms with Gasteiger partial charge < -0.3 is 14.2 Å². The quantitative estimate of drug-likeness (QED) is 0.521. The van der Waals surface area contributed by atoms with Crippen molar-refractivity contribution in [3.05, 3.63) is 52.5 Å². The molecule has 6 nitrogen and oxygen atoms in total. The SMILES string of the molecule is CCOc1ccc(OC)cc1/C=N\NC(=O)[C@@H](C)Oc1ccccc1Br. The van der Waals surface area contributed by atoms with Crippen molar-refractivity contribution < 1.29 is 19.0 Å². The second-order valence-electron chi connectivity index (χ2n) is 5.26. The number of halogens is 1. The molecule has 0 aliphatic rings. The summed E-state index contributed by atoms with van der Waals surface area (Å²) < 4.78 is 17.2. The number of hydrazone groups is 1. The Balaban J connectivity index is 2.01. The fraction of sp³-hybridized carbons (Fsp3) is 0.263. The highest BCUT2D eigenvalue weighted by Crippen LogP contribution is 2.25. The lowest BCUT2D eigenvalue weighted by atomic mass is 10.2. The van der Waals surface area contributed by atoms with Crippen LogP contribution in [-0.2, 0) is 4.79 Å². The number of benzene rings is 2. The third-order valence-corrected chi connectivity index (χ3v) is 4.06. The molecular formula is C19H21BrN2O4. The van der Waals surface area contributed by atoms with E-state index in [2.05, 4.69) is 26.5 Å². The van der Waals surface area contributed by atoms with Crippen LogP contribution >= 0.6 is 15.9 Å². The Hall–Kier alpha value is -2.54. The summed E-state index contributed by atoms with van der Waals surface area (Å²) in [6, 6.07) is 12.7. The molecule has 0 saturated heterocycles. The number of rotatable bonds is 8. The number of carbonyl (C=O) groups is 1. The van der Waals surface area contributed by atoms with Crippen LogP contribution in [0.4, 0.5) is 0 Å². The monoisotopic (exact) mass is 420 g/mol. The number of hydrogen-bond donors (Lipinski definition) is 1. The van der Waals surface area contributed by atoms with E-state index in [1.807, 2.05) is 25.1 Å². The van der Waals surface area contributed by atoms with Crippen LogP contribution in [0.1, 0.15) is 19.4 Å². The molecule has 1 N–H and O–H groups in total. The predicted octanol–water partition coefficient (Wildman–Crippen LogP) is 3.77. The standard InChI is InChI=1S/C19H21BrN2O4/c1-4-25-17-10-9-15(24-3)11-14(17)12-21-22-19(23)13(2)26-18-8-6-5-7-16(18)20/h5-13H,4H2,1-3H3,(H,22,23)/b21-12-/t13-/m1/s1. The van der Waals surface area contributed by atoms with Gasteiger partial charge >= 0.3 is 0 Å². The Morgan fingerprint density at radius 2 is 2.04 bits per heavy atom. The molecule has 0 heterocycles. The van der Waals surface area contributed by atoms with Crippen LogP contribution in [0.3, 0.4) is 0 Å². The summed E-state index contributed by atoms with van der Waals surface area (Å²) in [5.41, 5.74) is 3.17. The lowest BCUT2D eigenvalue weighted by Gasteiger charge is -2.14. The average molecular weight is 421 g/mol. The summed E-state index contributed by atoms with van der Waals surface area (Å²) >= 11 is 3.38. The first-order valence-electron chi connectivity index (χ1n) is 8.10. The number of carbonyl (C=O) groups excluding carboxylic acids is 1. The minimum atomic E-state index is -0.706. The molecule has 0 saturated carbocycles. The number of nitrogens with zero attached hydrogens (tertiary/aromatic N) is 1. The Bertz CT molecular complexity index is 780. The van der Waals surface area contributed by atoms with Gasteiger partial charge in [0.1, 0.15) is 17.2 Å². The van der Waals surface area contributed by atoms with Crippen LogP contribution in [-0.4, -0.2) is 31.9 Å². The molecule has 0 fully saturated rings. The van der Waals surface area contributed by atoms with E-state index in [1.165, 1.54) is 6.21 Å². The Morgan fingerprint density at radius 1 is 1.27 bits per heavy atom. The van der Waals surface area contributed by atoms with Crippen molar-refractivity contribution in [3.8, 4) is 17.2 Å². The molecule has 1 amide bonds. The molecule has 0 bridgehead atoms. The van der Waals surface area contributed by atoms with Gasteiger partial charge in [0, 0.05) is 5.56 Å². The van der Waals surface area contributed by atoms with E-state index < -0.39 is 6.10 Å². The number of amides is 1. The number of methoxy groups -OCH3 is 1. The molecule has 2 aromatic rings. The van der Waals surface area contributed by atoms with E-state index in [9.17, 15) is 4.79 Å². The van der Waals surface area contributed by atoms with Crippen LogP contribution < -0.4 is 19.6 Å². The second-order valence-corrected chi connectivity index (χ2v) is 6.12. The Labute approximate surface area is 161 Å². The smallest absolute Gasteiger partial charge is 0.280 e. The molecule has 7 heteroatoms. The van der Waals surface area contributed by atoms with Gasteiger partial charge in [-0.25, -0.2) is 5.43 Å². The van der Waals surface area contributed by atoms with Gasteiger partial charge in [0.15, 0.2) is 6.10 Å². The second kappa shape index (κ2) is 9.82. The van der Waals surface area contributed by atoms with E-state index >= 15 is 0 Å². The van der Waals surface area contributed by atoms with Crippen molar-refractivity contribution in [1.29, 1.82) is 0 Å². The summed E-state index contributed by atoms with van der Waals surface area (Å²) in [5, 5.41) is 3.99. The van der Waals surface area contributed by atoms with Crippen LogP contribution in [0.15, 0.2) is 52.0 Å². The lowest BCUT2D eigenvalue weighted by Crippen LogP contribution is -2.33. The minimum Gasteiger partial charge on any atom is -0.497 e. The zero-order chi connectivity index (χ0) is 18.9. The van der Waals surface area contributed by atoms with Gasteiger partial charge in [-0.1, -0.05) is 12.1 Å². The molecule has 2 aromatic carbocycles. The molecule has 0 spiro atoms. The van der Waals surface area contributed by atoms with E-state index in [1.54, 1.807) is 38.3 Å². The fourth-order valence-corrected chi connectivity index (χ4v) is 2.46. The molecule has 2 rings (SSSR count). The molecule has 1 atom stereocenters. The largest absolute Gasteiger partial charge is 0.497 e. The summed E-state index contributed by atoms with van der Waals surface area (Å²) in [4.78, 5) is 12.2. The Morgan fingerprint density at radius 3 is 2.73 bits per heavy atom. The number of hydrogen-bond acceptors (Lipinski definition) is 5. The van der Waals surface area contributed by atoms with Crippen molar-refractivity contribution in [2.45, 2.75) is 20.0 Å². The topological polar surface area (TPSA) is 69.2 Å². The maximum Gasteiger partial charge on any atom is 0.280 e. The van der Waals surface area contributed by atoms with Gasteiger partial charge in [0.25, 0.3) is 5.91 Å².